The molecule has 3 saturated heterocycles. The summed E-state index contributed by atoms with van der Waals surface area (Å²) >= 11 is 0. The van der Waals surface area contributed by atoms with E-state index in [-0.39, 0.29) is 51.8 Å². The molecule has 9 heteroatoms. The van der Waals surface area contributed by atoms with Crippen LogP contribution in [0.3, 0.4) is 0 Å². The summed E-state index contributed by atoms with van der Waals surface area (Å²) in [6, 6.07) is 0. The molecule has 0 radical (unpaired) electrons. The molecule has 250 valence electrons. The van der Waals surface area contributed by atoms with Gasteiger partial charge in [0.1, 0.15) is 30.5 Å². The molecule has 0 amide bonds. The molecule has 0 aromatic carbocycles. The first kappa shape index (κ1) is 30.9. The number of hydrogen-bond donors (Lipinski definition) is 5. The lowest BCUT2D eigenvalue weighted by Gasteiger charge is -2.63. The van der Waals surface area contributed by atoms with Gasteiger partial charge in [-0.15, -0.1) is 0 Å². The van der Waals surface area contributed by atoms with E-state index in [1.807, 2.05) is 0 Å². The fourth-order valence-corrected chi connectivity index (χ4v) is 14.0. The second kappa shape index (κ2) is 9.00. The van der Waals surface area contributed by atoms with E-state index in [9.17, 15) is 25.5 Å². The Bertz CT molecular complexity index is 1200. The Hall–Kier alpha value is -0.360. The van der Waals surface area contributed by atoms with E-state index < -0.39 is 48.2 Å². The van der Waals surface area contributed by atoms with Crippen LogP contribution in [-0.2, 0) is 18.9 Å². The number of hydrogen-bond acceptors (Lipinski definition) is 9. The van der Waals surface area contributed by atoms with Crippen molar-refractivity contribution >= 4 is 0 Å². The zero-order chi connectivity index (χ0) is 31.6. The minimum absolute atomic E-state index is 0.0559. The SMILES string of the molecule is C[C@@H]1C[C@H]2O[C@@]3(O[C@@H]2C(C)(C)O)[C@@H](O)[C@@]2(C)[C@H]4CC[C@H]5C(C)(C)[C@@H](O[C@@H]6OC[C@H](O)[C@@H](O)[C@@H]6O)CC[C@@]56C[C@@]46CC[C@]2(C)[C@@H]13. The van der Waals surface area contributed by atoms with Gasteiger partial charge in [0.15, 0.2) is 12.1 Å². The summed E-state index contributed by atoms with van der Waals surface area (Å²) in [5, 5.41) is 54.5. The van der Waals surface area contributed by atoms with Crippen LogP contribution in [0.25, 0.3) is 0 Å². The van der Waals surface area contributed by atoms with E-state index in [4.69, 9.17) is 18.9 Å². The van der Waals surface area contributed by atoms with Gasteiger partial charge in [0, 0.05) is 11.3 Å². The van der Waals surface area contributed by atoms with E-state index in [0.717, 1.165) is 44.9 Å². The maximum absolute atomic E-state index is 12.7. The second-order valence-corrected chi connectivity index (χ2v) is 18.3. The van der Waals surface area contributed by atoms with Crippen LogP contribution in [0, 0.1) is 50.7 Å². The molecular weight excluding hydrogens is 564 g/mol. The van der Waals surface area contributed by atoms with Gasteiger partial charge in [-0.3, -0.25) is 0 Å². The first-order chi connectivity index (χ1) is 20.4. The predicted octanol–water partition coefficient (Wildman–Crippen LogP) is 3.12. The Morgan fingerprint density at radius 3 is 2.23 bits per heavy atom. The third-order valence-corrected chi connectivity index (χ3v) is 15.9. The second-order valence-electron chi connectivity index (χ2n) is 18.3. The van der Waals surface area contributed by atoms with E-state index in [2.05, 4.69) is 34.6 Å². The zero-order valence-corrected chi connectivity index (χ0v) is 27.7. The Morgan fingerprint density at radius 2 is 1.52 bits per heavy atom. The van der Waals surface area contributed by atoms with E-state index in [1.165, 1.54) is 6.42 Å². The van der Waals surface area contributed by atoms with Crippen LogP contribution in [-0.4, -0.2) is 92.5 Å². The van der Waals surface area contributed by atoms with Crippen LogP contribution in [0.2, 0.25) is 0 Å². The molecule has 8 fully saturated rings. The zero-order valence-electron chi connectivity index (χ0n) is 27.7. The summed E-state index contributed by atoms with van der Waals surface area (Å²) in [5.41, 5.74) is -1.39. The van der Waals surface area contributed by atoms with Crippen molar-refractivity contribution in [2.45, 2.75) is 160 Å². The van der Waals surface area contributed by atoms with Crippen LogP contribution in [0.5, 0.6) is 0 Å². The van der Waals surface area contributed by atoms with Crippen molar-refractivity contribution in [2.75, 3.05) is 6.61 Å². The van der Waals surface area contributed by atoms with E-state index in [0.29, 0.717) is 17.8 Å². The molecule has 2 bridgehead atoms. The third kappa shape index (κ3) is 3.38. The monoisotopic (exact) mass is 620 g/mol. The van der Waals surface area contributed by atoms with Gasteiger partial charge in [-0.25, -0.2) is 0 Å². The predicted molar refractivity (Wildman–Crippen MR) is 159 cm³/mol. The minimum atomic E-state index is -1.28. The fraction of sp³-hybridized carbons (Fsp3) is 1.00. The van der Waals surface area contributed by atoms with Crippen molar-refractivity contribution in [1.82, 2.24) is 0 Å². The van der Waals surface area contributed by atoms with Crippen molar-refractivity contribution in [3.8, 4) is 0 Å². The largest absolute Gasteiger partial charge is 0.388 e. The molecule has 3 aliphatic heterocycles. The molecule has 44 heavy (non-hydrogen) atoms. The van der Waals surface area contributed by atoms with Gasteiger partial charge >= 0.3 is 0 Å². The molecule has 5 saturated carbocycles. The maximum atomic E-state index is 12.7. The van der Waals surface area contributed by atoms with Gasteiger partial charge in [-0.2, -0.15) is 0 Å². The average Bonchev–Trinajstić information content (AvgIpc) is 3.45. The molecule has 0 unspecified atom stereocenters. The molecule has 17 atom stereocenters. The normalized spacial score (nSPS) is 62.2. The molecule has 3 spiro atoms. The van der Waals surface area contributed by atoms with E-state index in [1.54, 1.807) is 13.8 Å². The first-order valence-corrected chi connectivity index (χ1v) is 17.5. The van der Waals surface area contributed by atoms with Gasteiger partial charge in [-0.05, 0) is 105 Å². The van der Waals surface area contributed by atoms with Gasteiger partial charge in [0.05, 0.1) is 24.4 Å². The Kier molecular flexibility index (Phi) is 6.33. The summed E-state index contributed by atoms with van der Waals surface area (Å²) in [6.45, 7) is 15.2. The fourth-order valence-electron chi connectivity index (χ4n) is 14.0. The lowest BCUT2D eigenvalue weighted by atomic mass is 9.41. The van der Waals surface area contributed by atoms with Crippen LogP contribution in [0.1, 0.15) is 99.8 Å². The molecule has 5 aliphatic carbocycles. The van der Waals surface area contributed by atoms with Crippen LogP contribution in [0.4, 0.5) is 0 Å². The number of aliphatic hydroxyl groups is 5. The molecule has 3 heterocycles. The van der Waals surface area contributed by atoms with Crippen molar-refractivity contribution in [1.29, 1.82) is 0 Å². The highest BCUT2D eigenvalue weighted by atomic mass is 16.8. The molecular formula is C35H56O9. The first-order valence-electron chi connectivity index (χ1n) is 17.5. The Balaban J connectivity index is 1.10. The van der Waals surface area contributed by atoms with Crippen molar-refractivity contribution in [3.05, 3.63) is 0 Å². The van der Waals surface area contributed by atoms with Gasteiger partial charge in [0.25, 0.3) is 0 Å². The number of fused-ring (bicyclic) bond motifs is 4. The minimum Gasteiger partial charge on any atom is -0.388 e. The lowest BCUT2D eigenvalue weighted by molar-refractivity contribution is -0.303. The summed E-state index contributed by atoms with van der Waals surface area (Å²) < 4.78 is 25.8. The highest BCUT2D eigenvalue weighted by molar-refractivity contribution is 5.34. The molecule has 5 N–H and O–H groups in total. The van der Waals surface area contributed by atoms with Crippen molar-refractivity contribution in [3.63, 3.8) is 0 Å². The summed E-state index contributed by atoms with van der Waals surface area (Å²) in [7, 11) is 0. The molecule has 0 aromatic heterocycles. The summed E-state index contributed by atoms with van der Waals surface area (Å²) in [5.74, 6) is 0.108. The highest BCUT2D eigenvalue weighted by Crippen LogP contribution is 2.90. The summed E-state index contributed by atoms with van der Waals surface area (Å²) in [6.07, 6.45) is 2.00. The molecule has 8 aliphatic rings. The summed E-state index contributed by atoms with van der Waals surface area (Å²) in [4.78, 5) is 0. The average molecular weight is 621 g/mol. The number of ether oxygens (including phenoxy) is 4. The number of aliphatic hydroxyl groups excluding tert-OH is 4. The highest BCUT2D eigenvalue weighted by Gasteiger charge is 2.88. The molecule has 8 rings (SSSR count). The maximum Gasteiger partial charge on any atom is 0.199 e. The van der Waals surface area contributed by atoms with Crippen LogP contribution < -0.4 is 0 Å². The third-order valence-electron chi connectivity index (χ3n) is 15.9. The van der Waals surface area contributed by atoms with Crippen LogP contribution >= 0.6 is 0 Å². The molecule has 0 aromatic rings. The van der Waals surface area contributed by atoms with Crippen molar-refractivity contribution < 1.29 is 44.5 Å². The Morgan fingerprint density at radius 1 is 0.841 bits per heavy atom. The standard InChI is InChI=1S/C35H56O9/c1-17-14-19-26(30(4,5)40)44-35(43-19)25(17)31(6)12-13-34-16-33(34)11-10-22(42-27-24(38)23(37)18(36)15-41-27)29(2,3)20(33)8-9-21(34)32(31,7)28(35)39/h17-28,36-40H,8-16H2,1-7H3/t17-,18+,19-,20+,21-,22+,23-,24+,25-,26+,27+,28+,31-,32-,33-,34+,35+/m1/s1. The molecule has 9 nitrogen and oxygen atoms in total. The quantitative estimate of drug-likeness (QED) is 0.301. The lowest BCUT2D eigenvalue weighted by Crippen LogP contribution is -2.61. The van der Waals surface area contributed by atoms with Gasteiger partial charge in [-0.1, -0.05) is 34.6 Å². The van der Waals surface area contributed by atoms with Gasteiger partial charge in [0.2, 0.25) is 0 Å². The smallest absolute Gasteiger partial charge is 0.199 e. The van der Waals surface area contributed by atoms with Crippen molar-refractivity contribution in [2.24, 2.45) is 50.7 Å². The Labute approximate surface area is 262 Å². The van der Waals surface area contributed by atoms with E-state index >= 15 is 0 Å². The number of rotatable bonds is 3. The van der Waals surface area contributed by atoms with Crippen LogP contribution in [0.15, 0.2) is 0 Å². The van der Waals surface area contributed by atoms with Gasteiger partial charge < -0.3 is 44.5 Å². The topological polar surface area (TPSA) is 138 Å².